The molecule has 1 aliphatic rings. The minimum Gasteiger partial charge on any atom is -0.444 e. The van der Waals surface area contributed by atoms with Gasteiger partial charge in [-0.15, -0.1) is 13.2 Å². The van der Waals surface area contributed by atoms with E-state index in [0.29, 0.717) is 35.8 Å². The number of nitrogens with zero attached hydrogens (tertiary/aromatic N) is 4. The Hall–Kier alpha value is -3.41. The highest BCUT2D eigenvalue weighted by Gasteiger charge is 2.38. The van der Waals surface area contributed by atoms with Gasteiger partial charge in [0.2, 0.25) is 0 Å². The van der Waals surface area contributed by atoms with Crippen LogP contribution in [0.15, 0.2) is 30.5 Å². The maximum absolute atomic E-state index is 14.8. The van der Waals surface area contributed by atoms with Gasteiger partial charge in [0.1, 0.15) is 17.0 Å². The second-order valence-corrected chi connectivity index (χ2v) is 8.87. The lowest BCUT2D eigenvalue weighted by Crippen LogP contribution is -2.50. The highest BCUT2D eigenvalue weighted by molar-refractivity contribution is 5.84. The molecule has 3 aromatic rings. The topological polar surface area (TPSA) is 89.7 Å². The SMILES string of the molecule is CC(C)(C)OC(=O)N1CC(c2nn(-c3ccc(OC(F)(F)F)cc3F)c3nccc(CO)c23)C1. The number of ether oxygens (including phenoxy) is 2. The molecule has 0 atom stereocenters. The first kappa shape index (κ1) is 23.7. The third kappa shape index (κ3) is 4.76. The summed E-state index contributed by atoms with van der Waals surface area (Å²) in [5.41, 5.74) is 0.419. The predicted octanol–water partition coefficient (Wildman–Crippen LogP) is 4.28. The van der Waals surface area contributed by atoms with Gasteiger partial charge in [-0.25, -0.2) is 18.9 Å². The van der Waals surface area contributed by atoms with E-state index in [1.54, 1.807) is 26.8 Å². The number of pyridine rings is 1. The summed E-state index contributed by atoms with van der Waals surface area (Å²) < 4.78 is 62.5. The number of carbonyl (C=O) groups excluding carboxylic acids is 1. The molecule has 2 aromatic heterocycles. The van der Waals surface area contributed by atoms with Crippen LogP contribution in [0.25, 0.3) is 16.7 Å². The number of aliphatic hydroxyl groups excluding tert-OH is 1. The fourth-order valence-electron chi connectivity index (χ4n) is 3.70. The van der Waals surface area contributed by atoms with Crippen LogP contribution < -0.4 is 4.74 Å². The summed E-state index contributed by atoms with van der Waals surface area (Å²) in [4.78, 5) is 18.1. The van der Waals surface area contributed by atoms with Crippen molar-refractivity contribution in [2.75, 3.05) is 13.1 Å². The summed E-state index contributed by atoms with van der Waals surface area (Å²) >= 11 is 0. The fraction of sp³-hybridized carbons (Fsp3) is 0.409. The van der Waals surface area contributed by atoms with Gasteiger partial charge >= 0.3 is 12.5 Å². The van der Waals surface area contributed by atoms with E-state index in [9.17, 15) is 27.5 Å². The molecule has 0 aliphatic carbocycles. The number of fused-ring (bicyclic) bond motifs is 1. The Bertz CT molecular complexity index is 1230. The zero-order valence-electron chi connectivity index (χ0n) is 18.6. The molecule has 0 unspecified atom stereocenters. The zero-order valence-corrected chi connectivity index (χ0v) is 18.6. The number of rotatable bonds is 4. The second-order valence-electron chi connectivity index (χ2n) is 8.87. The van der Waals surface area contributed by atoms with Gasteiger partial charge < -0.3 is 19.5 Å². The molecule has 0 spiro atoms. The zero-order chi connectivity index (χ0) is 24.8. The maximum Gasteiger partial charge on any atom is 0.573 e. The Morgan fingerprint density at radius 2 is 1.91 bits per heavy atom. The van der Waals surface area contributed by atoms with E-state index in [2.05, 4.69) is 14.8 Å². The molecule has 12 heteroatoms. The molecule has 0 radical (unpaired) electrons. The van der Waals surface area contributed by atoms with Crippen LogP contribution in [0.1, 0.15) is 37.9 Å². The van der Waals surface area contributed by atoms with Crippen LogP contribution in [0, 0.1) is 5.82 Å². The standard InChI is InChI=1S/C22H22F4N4O4/c1-21(2,3)34-20(32)29-9-13(10-29)18-17-12(11-31)6-7-27-19(17)30(28-18)16-5-4-14(8-15(16)23)33-22(24,25)26/h4-8,13,31H,9-11H2,1-3H3. The molecule has 0 saturated carbocycles. The molecule has 1 saturated heterocycles. The van der Waals surface area contributed by atoms with Crippen molar-refractivity contribution < 1.29 is 36.9 Å². The van der Waals surface area contributed by atoms with Gasteiger partial charge in [-0.3, -0.25) is 0 Å². The van der Waals surface area contributed by atoms with Crippen LogP contribution in [0.5, 0.6) is 5.75 Å². The number of aromatic nitrogens is 3. The van der Waals surface area contributed by atoms with Crippen LogP contribution >= 0.6 is 0 Å². The molecular weight excluding hydrogens is 460 g/mol. The Morgan fingerprint density at radius 1 is 1.21 bits per heavy atom. The normalized spacial score (nSPS) is 14.9. The van der Waals surface area contributed by atoms with Crippen LogP contribution in [0.4, 0.5) is 22.4 Å². The largest absolute Gasteiger partial charge is 0.573 e. The summed E-state index contributed by atoms with van der Waals surface area (Å²) in [7, 11) is 0. The minimum atomic E-state index is -4.96. The monoisotopic (exact) mass is 482 g/mol. The lowest BCUT2D eigenvalue weighted by Gasteiger charge is -2.39. The van der Waals surface area contributed by atoms with E-state index >= 15 is 0 Å². The molecule has 1 amide bonds. The van der Waals surface area contributed by atoms with Gasteiger partial charge in [0.05, 0.1) is 12.3 Å². The fourth-order valence-corrected chi connectivity index (χ4v) is 3.70. The number of amides is 1. The van der Waals surface area contributed by atoms with E-state index in [1.807, 2.05) is 0 Å². The number of benzene rings is 1. The van der Waals surface area contributed by atoms with Gasteiger partial charge in [-0.1, -0.05) is 0 Å². The van der Waals surface area contributed by atoms with E-state index in [4.69, 9.17) is 4.74 Å². The lowest BCUT2D eigenvalue weighted by atomic mass is 9.93. The second kappa shape index (κ2) is 8.42. The molecule has 0 bridgehead atoms. The van der Waals surface area contributed by atoms with Crippen LogP contribution in [-0.4, -0.2) is 55.9 Å². The van der Waals surface area contributed by atoms with Gasteiger partial charge in [-0.05, 0) is 44.5 Å². The summed E-state index contributed by atoms with van der Waals surface area (Å²) in [6.07, 6.45) is -4.01. The summed E-state index contributed by atoms with van der Waals surface area (Å²) in [6, 6.07) is 4.29. The average molecular weight is 482 g/mol. The van der Waals surface area contributed by atoms with Crippen LogP contribution in [0.2, 0.25) is 0 Å². The number of likely N-dealkylation sites (tertiary alicyclic amines) is 1. The number of alkyl halides is 3. The highest BCUT2D eigenvalue weighted by atomic mass is 19.4. The first-order chi connectivity index (χ1) is 15.9. The van der Waals surface area contributed by atoms with Crippen molar-refractivity contribution in [2.24, 2.45) is 0 Å². The minimum absolute atomic E-state index is 0.142. The molecule has 34 heavy (non-hydrogen) atoms. The lowest BCUT2D eigenvalue weighted by molar-refractivity contribution is -0.274. The first-order valence-corrected chi connectivity index (χ1v) is 10.4. The number of halogens is 4. The predicted molar refractivity (Wildman–Crippen MR) is 112 cm³/mol. The van der Waals surface area contributed by atoms with Crippen LogP contribution in [0.3, 0.4) is 0 Å². The Kier molecular flexibility index (Phi) is 5.88. The number of aliphatic hydroxyl groups is 1. The molecule has 3 heterocycles. The molecule has 1 N–H and O–H groups in total. The van der Waals surface area contributed by atoms with Crippen molar-refractivity contribution in [1.82, 2.24) is 19.7 Å². The molecule has 8 nitrogen and oxygen atoms in total. The summed E-state index contributed by atoms with van der Waals surface area (Å²) in [5.74, 6) is -1.94. The van der Waals surface area contributed by atoms with Crippen molar-refractivity contribution in [3.05, 3.63) is 47.5 Å². The quantitative estimate of drug-likeness (QED) is 0.559. The molecule has 1 fully saturated rings. The van der Waals surface area contributed by atoms with Gasteiger partial charge in [0, 0.05) is 36.7 Å². The van der Waals surface area contributed by atoms with Crippen molar-refractivity contribution in [3.63, 3.8) is 0 Å². The summed E-state index contributed by atoms with van der Waals surface area (Å²) in [5, 5.41) is 14.8. The smallest absolute Gasteiger partial charge is 0.444 e. The molecular formula is C22H22F4N4O4. The molecule has 1 aliphatic heterocycles. The van der Waals surface area contributed by atoms with Gasteiger partial charge in [0.25, 0.3) is 0 Å². The third-order valence-corrected chi connectivity index (χ3v) is 5.15. The van der Waals surface area contributed by atoms with E-state index < -0.39 is 29.6 Å². The first-order valence-electron chi connectivity index (χ1n) is 10.4. The molecule has 182 valence electrons. The van der Waals surface area contributed by atoms with Gasteiger partial charge in [-0.2, -0.15) is 5.10 Å². The van der Waals surface area contributed by atoms with Crippen molar-refractivity contribution >= 4 is 17.1 Å². The maximum atomic E-state index is 14.8. The third-order valence-electron chi connectivity index (χ3n) is 5.15. The number of hydrogen-bond acceptors (Lipinski definition) is 6. The molecule has 1 aromatic carbocycles. The van der Waals surface area contributed by atoms with E-state index in [-0.39, 0.29) is 23.9 Å². The van der Waals surface area contributed by atoms with E-state index in [0.717, 1.165) is 12.1 Å². The molecule has 4 rings (SSSR count). The van der Waals surface area contributed by atoms with Crippen molar-refractivity contribution in [2.45, 2.75) is 45.3 Å². The van der Waals surface area contributed by atoms with Gasteiger partial charge in [0.15, 0.2) is 11.5 Å². The highest BCUT2D eigenvalue weighted by Crippen LogP contribution is 2.35. The Morgan fingerprint density at radius 3 is 2.50 bits per heavy atom. The van der Waals surface area contributed by atoms with Crippen molar-refractivity contribution in [1.29, 1.82) is 0 Å². The number of hydrogen-bond donors (Lipinski definition) is 1. The van der Waals surface area contributed by atoms with Crippen molar-refractivity contribution in [3.8, 4) is 11.4 Å². The van der Waals surface area contributed by atoms with Crippen LogP contribution in [-0.2, 0) is 11.3 Å². The Labute approximate surface area is 191 Å². The van der Waals surface area contributed by atoms with E-state index in [1.165, 1.54) is 15.8 Å². The Balaban J connectivity index is 1.69. The number of carbonyl (C=O) groups is 1. The average Bonchev–Trinajstić information content (AvgIpc) is 3.03. The summed E-state index contributed by atoms with van der Waals surface area (Å²) in [6.45, 7) is 5.53.